The van der Waals surface area contributed by atoms with Crippen LogP contribution in [0.15, 0.2) is 4.79 Å². The molecule has 1 fully saturated rings. The summed E-state index contributed by atoms with van der Waals surface area (Å²) in [4.78, 5) is 36.2. The van der Waals surface area contributed by atoms with Gasteiger partial charge in [0.2, 0.25) is 0 Å². The molecule has 1 aromatic heterocycles. The van der Waals surface area contributed by atoms with Gasteiger partial charge in [0.1, 0.15) is 11.4 Å². The molecule has 0 atom stereocenters. The third-order valence-electron chi connectivity index (χ3n) is 2.86. The van der Waals surface area contributed by atoms with E-state index in [0.717, 1.165) is 6.42 Å². The van der Waals surface area contributed by atoms with Crippen LogP contribution in [0.4, 0.5) is 0 Å². The van der Waals surface area contributed by atoms with Crippen LogP contribution in [0.5, 0.6) is 0 Å². The summed E-state index contributed by atoms with van der Waals surface area (Å²) in [5.74, 6) is 0.300. The summed E-state index contributed by atoms with van der Waals surface area (Å²) >= 11 is 0. The van der Waals surface area contributed by atoms with Gasteiger partial charge in [-0.2, -0.15) is 0 Å². The predicted molar refractivity (Wildman–Crippen MR) is 65.3 cm³/mol. The van der Waals surface area contributed by atoms with Crippen molar-refractivity contribution < 1.29 is 9.63 Å². The lowest BCUT2D eigenvalue weighted by Gasteiger charge is -2.15. The van der Waals surface area contributed by atoms with Gasteiger partial charge in [0.25, 0.3) is 11.5 Å². The van der Waals surface area contributed by atoms with Crippen LogP contribution in [-0.2, 0) is 4.84 Å². The fraction of sp³-hybridized carbons (Fsp3) is 0.583. The standard InChI is InChI=1S/C12H17N3O3/c1-7(2)10-13-8(3)9(11(16)14-10)12(17)15-5-4-6-18-15/h7H,4-6H2,1-3H3,(H,13,14,16). The van der Waals surface area contributed by atoms with Crippen LogP contribution in [0.2, 0.25) is 0 Å². The van der Waals surface area contributed by atoms with Gasteiger partial charge in [0.15, 0.2) is 0 Å². The van der Waals surface area contributed by atoms with Crippen LogP contribution in [0.25, 0.3) is 0 Å². The summed E-state index contributed by atoms with van der Waals surface area (Å²) in [6.07, 6.45) is 0.792. The zero-order valence-corrected chi connectivity index (χ0v) is 10.8. The third-order valence-corrected chi connectivity index (χ3v) is 2.86. The van der Waals surface area contributed by atoms with Crippen molar-refractivity contribution in [2.45, 2.75) is 33.1 Å². The van der Waals surface area contributed by atoms with E-state index in [4.69, 9.17) is 4.84 Å². The van der Waals surface area contributed by atoms with Gasteiger partial charge in [-0.1, -0.05) is 13.8 Å². The highest BCUT2D eigenvalue weighted by Gasteiger charge is 2.26. The molecule has 6 nitrogen and oxygen atoms in total. The Hall–Kier alpha value is -1.69. The number of H-pyrrole nitrogens is 1. The van der Waals surface area contributed by atoms with Gasteiger partial charge in [-0.25, -0.2) is 10.0 Å². The zero-order valence-electron chi connectivity index (χ0n) is 10.8. The smallest absolute Gasteiger partial charge is 0.284 e. The van der Waals surface area contributed by atoms with E-state index in [1.807, 2.05) is 13.8 Å². The van der Waals surface area contributed by atoms with Crippen molar-refractivity contribution >= 4 is 5.91 Å². The molecule has 98 valence electrons. The second-order valence-corrected chi connectivity index (χ2v) is 4.66. The quantitative estimate of drug-likeness (QED) is 0.850. The van der Waals surface area contributed by atoms with E-state index in [2.05, 4.69) is 9.97 Å². The van der Waals surface area contributed by atoms with Gasteiger partial charge in [-0.15, -0.1) is 0 Å². The molecule has 1 aliphatic rings. The number of hydrogen-bond donors (Lipinski definition) is 1. The lowest BCUT2D eigenvalue weighted by molar-refractivity contribution is -0.0770. The predicted octanol–water partition coefficient (Wildman–Crippen LogP) is 0.979. The molecule has 6 heteroatoms. The number of aromatic nitrogens is 2. The second-order valence-electron chi connectivity index (χ2n) is 4.66. The SMILES string of the molecule is Cc1nc(C(C)C)[nH]c(=O)c1C(=O)N1CCCO1. The van der Waals surface area contributed by atoms with Crippen molar-refractivity contribution in [2.24, 2.45) is 0 Å². The summed E-state index contributed by atoms with van der Waals surface area (Å²) in [5, 5.41) is 1.23. The molecule has 0 saturated carbocycles. The molecule has 1 aromatic rings. The molecule has 1 saturated heterocycles. The molecule has 0 unspecified atom stereocenters. The van der Waals surface area contributed by atoms with E-state index in [9.17, 15) is 9.59 Å². The first kappa shape index (κ1) is 12.8. The molecule has 0 radical (unpaired) electrons. The summed E-state index contributed by atoms with van der Waals surface area (Å²) in [5.41, 5.74) is 0.121. The number of aryl methyl sites for hydroxylation is 1. The molecule has 1 aliphatic heterocycles. The van der Waals surface area contributed by atoms with Crippen LogP contribution in [0.1, 0.15) is 48.1 Å². The summed E-state index contributed by atoms with van der Waals surface area (Å²) in [6.45, 7) is 6.57. The van der Waals surface area contributed by atoms with Crippen molar-refractivity contribution in [1.82, 2.24) is 15.0 Å². The summed E-state index contributed by atoms with van der Waals surface area (Å²) in [7, 11) is 0. The first-order valence-corrected chi connectivity index (χ1v) is 6.06. The van der Waals surface area contributed by atoms with E-state index < -0.39 is 11.5 Å². The average Bonchev–Trinajstić information content (AvgIpc) is 2.80. The van der Waals surface area contributed by atoms with E-state index in [-0.39, 0.29) is 11.5 Å². The zero-order chi connectivity index (χ0) is 13.3. The Morgan fingerprint density at radius 2 is 2.22 bits per heavy atom. The van der Waals surface area contributed by atoms with Crippen LogP contribution < -0.4 is 5.56 Å². The first-order valence-electron chi connectivity index (χ1n) is 6.06. The molecule has 1 amide bonds. The topological polar surface area (TPSA) is 75.3 Å². The number of aromatic amines is 1. The van der Waals surface area contributed by atoms with E-state index >= 15 is 0 Å². The molecule has 2 rings (SSSR count). The maximum Gasteiger partial charge on any atom is 0.284 e. The Morgan fingerprint density at radius 1 is 1.50 bits per heavy atom. The fourth-order valence-electron chi connectivity index (χ4n) is 1.87. The number of hydrogen-bond acceptors (Lipinski definition) is 4. The maximum atomic E-state index is 12.1. The van der Waals surface area contributed by atoms with Crippen molar-refractivity contribution in [3.63, 3.8) is 0 Å². The Balaban J connectivity index is 2.39. The normalized spacial score (nSPS) is 15.4. The van der Waals surface area contributed by atoms with Crippen LogP contribution in [0, 0.1) is 6.92 Å². The molecular weight excluding hydrogens is 234 g/mol. The minimum atomic E-state index is -0.408. The Bertz CT molecular complexity index is 516. The summed E-state index contributed by atoms with van der Waals surface area (Å²) < 4.78 is 0. The van der Waals surface area contributed by atoms with Crippen molar-refractivity contribution in [3.05, 3.63) is 27.4 Å². The molecule has 1 N–H and O–H groups in total. The van der Waals surface area contributed by atoms with Crippen LogP contribution in [-0.4, -0.2) is 34.1 Å². The van der Waals surface area contributed by atoms with Crippen molar-refractivity contribution in [1.29, 1.82) is 0 Å². The van der Waals surface area contributed by atoms with E-state index in [0.29, 0.717) is 24.7 Å². The van der Waals surface area contributed by atoms with Gasteiger partial charge in [-0.3, -0.25) is 14.4 Å². The number of carbonyl (C=O) groups excluding carboxylic acids is 1. The van der Waals surface area contributed by atoms with Crippen LogP contribution >= 0.6 is 0 Å². The Kier molecular flexibility index (Phi) is 3.47. The average molecular weight is 251 g/mol. The molecule has 2 heterocycles. The van der Waals surface area contributed by atoms with Gasteiger partial charge < -0.3 is 4.98 Å². The molecule has 0 bridgehead atoms. The minimum absolute atomic E-state index is 0.0706. The molecule has 0 aliphatic carbocycles. The number of nitrogens with one attached hydrogen (secondary N) is 1. The van der Waals surface area contributed by atoms with Gasteiger partial charge in [-0.05, 0) is 13.3 Å². The monoisotopic (exact) mass is 251 g/mol. The maximum absolute atomic E-state index is 12.1. The number of carbonyl (C=O) groups is 1. The van der Waals surface area contributed by atoms with E-state index in [1.165, 1.54) is 5.06 Å². The van der Waals surface area contributed by atoms with Crippen molar-refractivity contribution in [2.75, 3.05) is 13.2 Å². The van der Waals surface area contributed by atoms with Crippen molar-refractivity contribution in [3.8, 4) is 0 Å². The molecule has 0 aromatic carbocycles. The Labute approximate surface area is 105 Å². The molecular formula is C12H17N3O3. The lowest BCUT2D eigenvalue weighted by Crippen LogP contribution is -2.33. The second kappa shape index (κ2) is 4.89. The highest BCUT2D eigenvalue weighted by molar-refractivity contribution is 5.94. The minimum Gasteiger partial charge on any atom is -0.310 e. The number of nitrogens with zero attached hydrogens (tertiary/aromatic N) is 2. The van der Waals surface area contributed by atoms with Crippen LogP contribution in [0.3, 0.4) is 0 Å². The molecule has 18 heavy (non-hydrogen) atoms. The van der Waals surface area contributed by atoms with Gasteiger partial charge in [0.05, 0.1) is 18.8 Å². The fourth-order valence-corrected chi connectivity index (χ4v) is 1.87. The number of rotatable bonds is 2. The highest BCUT2D eigenvalue weighted by Crippen LogP contribution is 2.13. The number of amides is 1. The van der Waals surface area contributed by atoms with E-state index in [1.54, 1.807) is 6.92 Å². The van der Waals surface area contributed by atoms with Gasteiger partial charge >= 0.3 is 0 Å². The first-order chi connectivity index (χ1) is 8.50. The summed E-state index contributed by atoms with van der Waals surface area (Å²) in [6, 6.07) is 0. The Morgan fingerprint density at radius 3 is 2.72 bits per heavy atom. The molecule has 0 spiro atoms. The lowest BCUT2D eigenvalue weighted by atomic mass is 10.1. The highest BCUT2D eigenvalue weighted by atomic mass is 16.7. The largest absolute Gasteiger partial charge is 0.310 e. The third kappa shape index (κ3) is 2.28. The number of hydroxylamine groups is 2. The van der Waals surface area contributed by atoms with Gasteiger partial charge in [0, 0.05) is 5.92 Å².